The molecule has 1 aliphatic heterocycles. The Labute approximate surface area is 179 Å². The Morgan fingerprint density at radius 2 is 1.69 bits per heavy atom. The van der Waals surface area contributed by atoms with E-state index in [-0.39, 0.29) is 22.3 Å². The molecule has 160 valence electrons. The number of carbonyl (C=O) groups excluding carboxylic acids is 2. The fourth-order valence-corrected chi connectivity index (χ4v) is 4.55. The highest BCUT2D eigenvalue weighted by Gasteiger charge is 2.39. The second-order valence-corrected chi connectivity index (χ2v) is 9.27. The predicted octanol–water partition coefficient (Wildman–Crippen LogP) is 5.88. The number of benzene rings is 1. The van der Waals surface area contributed by atoms with Crippen LogP contribution in [-0.4, -0.2) is 28.9 Å². The molecule has 2 rings (SSSR count). The van der Waals surface area contributed by atoms with Gasteiger partial charge < -0.3 is 9.47 Å². The normalized spacial score (nSPS) is 18.6. The summed E-state index contributed by atoms with van der Waals surface area (Å²) in [7, 11) is 0. The van der Waals surface area contributed by atoms with Crippen molar-refractivity contribution in [3.05, 3.63) is 41.7 Å². The van der Waals surface area contributed by atoms with Crippen molar-refractivity contribution in [3.63, 3.8) is 0 Å². The van der Waals surface area contributed by atoms with Crippen molar-refractivity contribution in [2.75, 3.05) is 13.2 Å². The molecule has 29 heavy (non-hydrogen) atoms. The SMILES string of the molecule is CCCCCCCCC1(C)SC(=O)C=C1OCC(=O)Cc1ccc(OCC)cc1. The van der Waals surface area contributed by atoms with Crippen molar-refractivity contribution in [1.29, 1.82) is 0 Å². The van der Waals surface area contributed by atoms with Gasteiger partial charge in [0.05, 0.1) is 11.4 Å². The van der Waals surface area contributed by atoms with Gasteiger partial charge in [-0.25, -0.2) is 0 Å². The number of ether oxygens (including phenoxy) is 2. The highest BCUT2D eigenvalue weighted by Crippen LogP contribution is 2.44. The minimum Gasteiger partial charge on any atom is -0.494 e. The van der Waals surface area contributed by atoms with Gasteiger partial charge in [-0.05, 0) is 38.0 Å². The molecule has 0 N–H and O–H groups in total. The van der Waals surface area contributed by atoms with Gasteiger partial charge in [0.25, 0.3) is 0 Å². The molecule has 0 radical (unpaired) electrons. The molecule has 0 fully saturated rings. The molecular weight excluding hydrogens is 384 g/mol. The third-order valence-electron chi connectivity index (χ3n) is 5.13. The van der Waals surface area contributed by atoms with Crippen molar-refractivity contribution in [3.8, 4) is 5.75 Å². The minimum absolute atomic E-state index is 0.00102. The number of hydrogen-bond acceptors (Lipinski definition) is 5. The third-order valence-corrected chi connectivity index (χ3v) is 6.30. The van der Waals surface area contributed by atoms with E-state index in [4.69, 9.17) is 9.47 Å². The lowest BCUT2D eigenvalue weighted by atomic mass is 9.99. The van der Waals surface area contributed by atoms with Gasteiger partial charge in [-0.15, -0.1) is 0 Å². The van der Waals surface area contributed by atoms with Crippen LogP contribution in [0.25, 0.3) is 0 Å². The maximum absolute atomic E-state index is 12.4. The van der Waals surface area contributed by atoms with Crippen LogP contribution in [0.3, 0.4) is 0 Å². The van der Waals surface area contributed by atoms with Crippen molar-refractivity contribution in [2.45, 2.75) is 76.9 Å². The summed E-state index contributed by atoms with van der Waals surface area (Å²) in [5, 5.41) is 0.0208. The van der Waals surface area contributed by atoms with Crippen LogP contribution < -0.4 is 4.74 Å². The molecule has 1 aromatic rings. The smallest absolute Gasteiger partial charge is 0.216 e. The van der Waals surface area contributed by atoms with Crippen LogP contribution in [0.15, 0.2) is 36.1 Å². The van der Waals surface area contributed by atoms with Crippen LogP contribution >= 0.6 is 11.8 Å². The van der Waals surface area contributed by atoms with Gasteiger partial charge in [0.1, 0.15) is 18.1 Å². The maximum atomic E-state index is 12.4. The van der Waals surface area contributed by atoms with E-state index in [1.54, 1.807) is 6.08 Å². The van der Waals surface area contributed by atoms with Gasteiger partial charge in [-0.2, -0.15) is 0 Å². The van der Waals surface area contributed by atoms with Gasteiger partial charge in [-0.3, -0.25) is 9.59 Å². The van der Waals surface area contributed by atoms with E-state index in [1.807, 2.05) is 31.2 Å². The second kappa shape index (κ2) is 12.1. The minimum atomic E-state index is -0.346. The summed E-state index contributed by atoms with van der Waals surface area (Å²) in [4.78, 5) is 24.3. The zero-order chi connectivity index (χ0) is 21.1. The van der Waals surface area contributed by atoms with Crippen LogP contribution in [0, 0.1) is 0 Å². The molecule has 0 aliphatic carbocycles. The molecule has 0 aromatic heterocycles. The van der Waals surface area contributed by atoms with Crippen molar-refractivity contribution >= 4 is 22.7 Å². The number of carbonyl (C=O) groups is 2. The molecular formula is C24H34O4S. The zero-order valence-electron chi connectivity index (χ0n) is 18.0. The number of hydrogen-bond donors (Lipinski definition) is 0. The fraction of sp³-hybridized carbons (Fsp3) is 0.583. The average Bonchev–Trinajstić information content (AvgIpc) is 2.98. The quantitative estimate of drug-likeness (QED) is 0.353. The van der Waals surface area contributed by atoms with E-state index in [0.717, 1.165) is 24.2 Å². The van der Waals surface area contributed by atoms with Gasteiger partial charge >= 0.3 is 0 Å². The molecule has 1 atom stereocenters. The second-order valence-electron chi connectivity index (χ2n) is 7.76. The number of unbranched alkanes of at least 4 members (excludes halogenated alkanes) is 5. The average molecular weight is 419 g/mol. The lowest BCUT2D eigenvalue weighted by molar-refractivity contribution is -0.122. The topological polar surface area (TPSA) is 52.6 Å². The Balaban J connectivity index is 1.79. The van der Waals surface area contributed by atoms with Crippen LogP contribution in [0.2, 0.25) is 0 Å². The van der Waals surface area contributed by atoms with Crippen LogP contribution in [-0.2, 0) is 20.7 Å². The standard InChI is InChI=1S/C24H34O4S/c1-4-6-7-8-9-10-15-24(3)22(17-23(26)29-24)28-18-20(25)16-19-11-13-21(14-12-19)27-5-2/h11-14,17H,4-10,15-16,18H2,1-3H3. The highest BCUT2D eigenvalue weighted by molar-refractivity contribution is 8.15. The number of thioether (sulfide) groups is 1. The molecule has 1 aromatic carbocycles. The van der Waals surface area contributed by atoms with Crippen molar-refractivity contribution < 1.29 is 19.1 Å². The number of rotatable bonds is 14. The molecule has 4 nitrogen and oxygen atoms in total. The summed E-state index contributed by atoms with van der Waals surface area (Å²) in [6, 6.07) is 7.55. The van der Waals surface area contributed by atoms with E-state index in [9.17, 15) is 9.59 Å². The summed E-state index contributed by atoms with van der Waals surface area (Å²) in [5.74, 6) is 1.46. The maximum Gasteiger partial charge on any atom is 0.216 e. The predicted molar refractivity (Wildman–Crippen MR) is 119 cm³/mol. The molecule has 0 saturated heterocycles. The lowest BCUT2D eigenvalue weighted by Gasteiger charge is -2.26. The molecule has 1 unspecified atom stereocenters. The monoisotopic (exact) mass is 418 g/mol. The largest absolute Gasteiger partial charge is 0.494 e. The van der Waals surface area contributed by atoms with E-state index in [2.05, 4.69) is 13.8 Å². The van der Waals surface area contributed by atoms with E-state index < -0.39 is 0 Å². The Bertz CT molecular complexity index is 695. The third kappa shape index (κ3) is 7.88. The van der Waals surface area contributed by atoms with Crippen LogP contribution in [0.4, 0.5) is 0 Å². The van der Waals surface area contributed by atoms with E-state index in [0.29, 0.717) is 18.8 Å². The van der Waals surface area contributed by atoms with E-state index in [1.165, 1.54) is 43.9 Å². The Morgan fingerprint density at radius 3 is 2.38 bits per heavy atom. The summed E-state index contributed by atoms with van der Waals surface area (Å²) < 4.78 is 10.9. The van der Waals surface area contributed by atoms with Gasteiger partial charge in [0, 0.05) is 12.5 Å². The van der Waals surface area contributed by atoms with E-state index >= 15 is 0 Å². The van der Waals surface area contributed by atoms with Crippen molar-refractivity contribution in [1.82, 2.24) is 0 Å². The molecule has 0 bridgehead atoms. The first-order chi connectivity index (χ1) is 14.0. The lowest BCUT2D eigenvalue weighted by Crippen LogP contribution is -2.24. The fourth-order valence-electron chi connectivity index (χ4n) is 3.48. The first kappa shape index (κ1) is 23.5. The van der Waals surface area contributed by atoms with Gasteiger partial charge in [0.15, 0.2) is 5.78 Å². The van der Waals surface area contributed by atoms with Crippen LogP contribution in [0.1, 0.15) is 71.3 Å². The number of ketones is 1. The summed E-state index contributed by atoms with van der Waals surface area (Å²) in [6.07, 6.45) is 10.1. The Morgan fingerprint density at radius 1 is 1.00 bits per heavy atom. The molecule has 1 heterocycles. The molecule has 0 amide bonds. The Kier molecular flexibility index (Phi) is 9.79. The van der Waals surface area contributed by atoms with Gasteiger partial charge in [-0.1, -0.05) is 69.3 Å². The molecule has 1 aliphatic rings. The summed E-state index contributed by atoms with van der Waals surface area (Å²) in [5.41, 5.74) is 0.933. The zero-order valence-corrected chi connectivity index (χ0v) is 18.8. The van der Waals surface area contributed by atoms with Crippen LogP contribution in [0.5, 0.6) is 5.75 Å². The highest BCUT2D eigenvalue weighted by atomic mass is 32.2. The van der Waals surface area contributed by atoms with Crippen molar-refractivity contribution in [2.24, 2.45) is 0 Å². The van der Waals surface area contributed by atoms with Gasteiger partial charge in [0.2, 0.25) is 5.12 Å². The number of Topliss-reactive ketones (excluding diaryl/α,β-unsaturated/α-hetero) is 1. The molecule has 0 spiro atoms. The summed E-state index contributed by atoms with van der Waals surface area (Å²) >= 11 is 1.32. The Hall–Kier alpha value is -1.75. The molecule has 5 heteroatoms. The first-order valence-corrected chi connectivity index (χ1v) is 11.6. The molecule has 0 saturated carbocycles. The summed E-state index contributed by atoms with van der Waals surface area (Å²) in [6.45, 7) is 6.83. The first-order valence-electron chi connectivity index (χ1n) is 10.8.